The molecule has 46 heavy (non-hydrogen) atoms. The lowest BCUT2D eigenvalue weighted by molar-refractivity contribution is 0.136. The zero-order valence-corrected chi connectivity index (χ0v) is 32.7. The van der Waals surface area contributed by atoms with Crippen LogP contribution in [0.15, 0.2) is 36.6 Å². The van der Waals surface area contributed by atoms with Gasteiger partial charge in [-0.1, -0.05) is 129 Å². The first-order valence-electron chi connectivity index (χ1n) is 19.8. The van der Waals surface area contributed by atoms with Gasteiger partial charge in [-0.25, -0.2) is 0 Å². The van der Waals surface area contributed by atoms with Crippen LogP contribution in [0.25, 0.3) is 0 Å². The minimum Gasteiger partial charge on any atom is -0.501 e. The van der Waals surface area contributed by atoms with Gasteiger partial charge in [-0.3, -0.25) is 0 Å². The fourth-order valence-corrected chi connectivity index (χ4v) is 6.54. The lowest BCUT2D eigenvalue weighted by atomic mass is 9.79. The molecule has 270 valence electrons. The Hall–Kier alpha value is -1.35. The van der Waals surface area contributed by atoms with Gasteiger partial charge in [0.1, 0.15) is 0 Å². The van der Waals surface area contributed by atoms with Crippen molar-refractivity contribution >= 4 is 5.71 Å². The molecule has 3 nitrogen and oxygen atoms in total. The van der Waals surface area contributed by atoms with Gasteiger partial charge in [0.05, 0.1) is 12.9 Å². The summed E-state index contributed by atoms with van der Waals surface area (Å²) >= 11 is 0. The Morgan fingerprint density at radius 2 is 1.17 bits per heavy atom. The Kier molecular flexibility index (Phi) is 27.8. The molecule has 0 spiro atoms. The largest absolute Gasteiger partial charge is 0.501 e. The van der Waals surface area contributed by atoms with Gasteiger partial charge in [0.25, 0.3) is 0 Å². The van der Waals surface area contributed by atoms with Crippen LogP contribution in [0.2, 0.25) is 0 Å². The molecule has 2 unspecified atom stereocenters. The van der Waals surface area contributed by atoms with Crippen LogP contribution in [0.1, 0.15) is 190 Å². The Bertz CT molecular complexity index is 791. The minimum atomic E-state index is 0.0986. The molecule has 0 rings (SSSR count). The van der Waals surface area contributed by atoms with Crippen LogP contribution in [0, 0.1) is 22.7 Å². The van der Waals surface area contributed by atoms with Crippen molar-refractivity contribution in [3.05, 3.63) is 36.6 Å². The van der Waals surface area contributed by atoms with E-state index in [2.05, 4.69) is 90.9 Å². The number of rotatable bonds is 32. The highest BCUT2D eigenvalue weighted by atomic mass is 16.5. The van der Waals surface area contributed by atoms with Crippen LogP contribution >= 0.6 is 0 Å². The number of hydrogen-bond acceptors (Lipinski definition) is 3. The van der Waals surface area contributed by atoms with Gasteiger partial charge in [0, 0.05) is 11.3 Å². The van der Waals surface area contributed by atoms with E-state index in [0.29, 0.717) is 11.8 Å². The van der Waals surface area contributed by atoms with Gasteiger partial charge < -0.3 is 15.0 Å². The number of hydrogen-bond donors (Lipinski definition) is 1. The zero-order valence-electron chi connectivity index (χ0n) is 32.7. The van der Waals surface area contributed by atoms with E-state index in [0.717, 1.165) is 38.0 Å². The SMILES string of the molecule is CCCCCC=CCC=CCCCC(CCCCC(CCCCCCCCCC)COC=CC(C)(C)CC(C)(C)N(C)C)C(C)=N. The molecule has 0 fully saturated rings. The molecule has 0 saturated carbocycles. The molecular formula is C43H82N2O. The summed E-state index contributed by atoms with van der Waals surface area (Å²) in [4.78, 5) is 2.32. The van der Waals surface area contributed by atoms with Crippen molar-refractivity contribution < 1.29 is 4.74 Å². The first kappa shape index (κ1) is 44.6. The van der Waals surface area contributed by atoms with E-state index in [4.69, 9.17) is 10.1 Å². The third-order valence-electron chi connectivity index (χ3n) is 10.0. The summed E-state index contributed by atoms with van der Waals surface area (Å²) in [5.41, 5.74) is 1.13. The van der Waals surface area contributed by atoms with E-state index < -0.39 is 0 Å². The van der Waals surface area contributed by atoms with Gasteiger partial charge in [-0.15, -0.1) is 0 Å². The molecule has 0 radical (unpaired) electrons. The standard InChI is InChI=1S/C43H82N2O/c1-10-12-14-16-18-20-21-22-24-26-28-33-41(39(3)44)34-30-29-32-40(31-27-25-23-19-17-15-13-11-2)37-46-36-35-42(4,5)38-43(6,7)45(8)9/h18,20,22,24,35-36,40-41,44H,10-17,19,21,23,25-34,37-38H2,1-9H3. The Morgan fingerprint density at radius 3 is 1.76 bits per heavy atom. The highest BCUT2D eigenvalue weighted by Crippen LogP contribution is 2.32. The van der Waals surface area contributed by atoms with E-state index >= 15 is 0 Å². The second-order valence-corrected chi connectivity index (χ2v) is 15.9. The van der Waals surface area contributed by atoms with E-state index in [-0.39, 0.29) is 11.0 Å². The Morgan fingerprint density at radius 1 is 0.674 bits per heavy atom. The predicted molar refractivity (Wildman–Crippen MR) is 208 cm³/mol. The monoisotopic (exact) mass is 643 g/mol. The van der Waals surface area contributed by atoms with Crippen molar-refractivity contribution in [2.45, 2.75) is 195 Å². The van der Waals surface area contributed by atoms with E-state index in [1.54, 1.807) is 0 Å². The molecule has 1 N–H and O–H groups in total. The summed E-state index contributed by atoms with van der Waals surface area (Å²) in [5.74, 6) is 1.09. The first-order chi connectivity index (χ1) is 21.9. The van der Waals surface area contributed by atoms with Gasteiger partial charge in [-0.2, -0.15) is 0 Å². The quantitative estimate of drug-likeness (QED) is 0.0343. The summed E-state index contributed by atoms with van der Waals surface area (Å²) in [5, 5.41) is 8.38. The first-order valence-corrected chi connectivity index (χ1v) is 19.8. The molecule has 0 aliphatic carbocycles. The summed E-state index contributed by atoms with van der Waals surface area (Å²) in [6.07, 6.45) is 41.6. The highest BCUT2D eigenvalue weighted by Gasteiger charge is 2.28. The second kappa shape index (κ2) is 28.6. The molecule has 0 bridgehead atoms. The van der Waals surface area contributed by atoms with Crippen LogP contribution < -0.4 is 0 Å². The fraction of sp³-hybridized carbons (Fsp3) is 0.837. The maximum absolute atomic E-state index is 8.38. The van der Waals surface area contributed by atoms with Crippen molar-refractivity contribution in [1.29, 1.82) is 5.41 Å². The van der Waals surface area contributed by atoms with Crippen molar-refractivity contribution in [3.63, 3.8) is 0 Å². The third kappa shape index (κ3) is 26.7. The molecule has 0 amide bonds. The number of unbranched alkanes of at least 4 members (excludes halogenated alkanes) is 12. The van der Waals surface area contributed by atoms with Gasteiger partial charge in [0.2, 0.25) is 0 Å². The highest BCUT2D eigenvalue weighted by molar-refractivity contribution is 5.81. The maximum Gasteiger partial charge on any atom is 0.0901 e. The number of ether oxygens (including phenoxy) is 1. The molecule has 0 aliphatic heterocycles. The van der Waals surface area contributed by atoms with E-state index in [1.807, 2.05) is 13.2 Å². The Balaban J connectivity index is 4.67. The molecule has 0 aromatic carbocycles. The van der Waals surface area contributed by atoms with Crippen molar-refractivity contribution in [1.82, 2.24) is 4.90 Å². The fourth-order valence-electron chi connectivity index (χ4n) is 6.54. The molecule has 2 atom stereocenters. The summed E-state index contributed by atoms with van der Waals surface area (Å²) in [6.45, 7) is 16.7. The summed E-state index contributed by atoms with van der Waals surface area (Å²) in [6, 6.07) is 0. The van der Waals surface area contributed by atoms with Crippen LogP contribution in [-0.4, -0.2) is 36.9 Å². The number of nitrogens with zero attached hydrogens (tertiary/aromatic N) is 1. The molecule has 0 aliphatic rings. The molecular weight excluding hydrogens is 560 g/mol. The van der Waals surface area contributed by atoms with Crippen LogP contribution in [0.3, 0.4) is 0 Å². The number of nitrogens with one attached hydrogen (secondary N) is 1. The third-order valence-corrected chi connectivity index (χ3v) is 10.0. The molecule has 0 aromatic rings. The molecule has 0 saturated heterocycles. The lowest BCUT2D eigenvalue weighted by Gasteiger charge is -2.38. The van der Waals surface area contributed by atoms with Crippen LogP contribution in [0.5, 0.6) is 0 Å². The molecule has 0 heterocycles. The van der Waals surface area contributed by atoms with Gasteiger partial charge >= 0.3 is 0 Å². The summed E-state index contributed by atoms with van der Waals surface area (Å²) < 4.78 is 6.23. The average Bonchev–Trinajstić information content (AvgIpc) is 2.99. The topological polar surface area (TPSA) is 36.3 Å². The normalized spacial score (nSPS) is 14.3. The smallest absolute Gasteiger partial charge is 0.0901 e. The molecule has 3 heteroatoms. The van der Waals surface area contributed by atoms with Crippen LogP contribution in [0.4, 0.5) is 0 Å². The van der Waals surface area contributed by atoms with Gasteiger partial charge in [0.15, 0.2) is 0 Å². The second-order valence-electron chi connectivity index (χ2n) is 15.9. The van der Waals surface area contributed by atoms with Gasteiger partial charge in [-0.05, 0) is 122 Å². The lowest BCUT2D eigenvalue weighted by Crippen LogP contribution is -2.41. The average molecular weight is 643 g/mol. The van der Waals surface area contributed by atoms with Crippen molar-refractivity contribution in [3.8, 4) is 0 Å². The van der Waals surface area contributed by atoms with E-state index in [9.17, 15) is 0 Å². The zero-order chi connectivity index (χ0) is 34.5. The maximum atomic E-state index is 8.38. The Labute approximate surface area is 290 Å². The number of allylic oxidation sites excluding steroid dienone is 5. The summed E-state index contributed by atoms with van der Waals surface area (Å²) in [7, 11) is 4.34. The van der Waals surface area contributed by atoms with Crippen molar-refractivity contribution in [2.24, 2.45) is 17.3 Å². The van der Waals surface area contributed by atoms with Crippen molar-refractivity contribution in [2.75, 3.05) is 20.7 Å². The predicted octanol–water partition coefficient (Wildman–Crippen LogP) is 13.9. The minimum absolute atomic E-state index is 0.0986. The van der Waals surface area contributed by atoms with Crippen LogP contribution in [-0.2, 0) is 4.74 Å². The molecule has 0 aromatic heterocycles. The van der Waals surface area contributed by atoms with E-state index in [1.165, 1.54) is 116 Å².